The number of methoxy groups -OCH3 is 1. The number of phenols is 2. The molecule has 10 nitrogen and oxygen atoms in total. The van der Waals surface area contributed by atoms with Gasteiger partial charge in [-0.3, -0.25) is 14.6 Å². The van der Waals surface area contributed by atoms with Gasteiger partial charge in [0.05, 0.1) is 25.3 Å². The van der Waals surface area contributed by atoms with Crippen molar-refractivity contribution in [2.45, 2.75) is 95.4 Å². The summed E-state index contributed by atoms with van der Waals surface area (Å²) in [5.74, 6) is 2.25. The topological polar surface area (TPSA) is 128 Å². The number of ether oxygens (including phenoxy) is 3. The quantitative estimate of drug-likeness (QED) is 0.405. The summed E-state index contributed by atoms with van der Waals surface area (Å²) >= 11 is 0. The van der Waals surface area contributed by atoms with Crippen LogP contribution in [0, 0.1) is 75.2 Å². The molecule has 4 heterocycles. The van der Waals surface area contributed by atoms with Crippen molar-refractivity contribution >= 4 is 5.91 Å². The molecule has 5 aliphatic rings. The Balaban J connectivity index is 0.00000357. The summed E-state index contributed by atoms with van der Waals surface area (Å²) in [5.41, 5.74) is 4.82. The predicted octanol–water partition coefficient (Wildman–Crippen LogP) is 4.31. The molecule has 2 bridgehead atoms. The summed E-state index contributed by atoms with van der Waals surface area (Å²) in [7, 11) is 3.59. The predicted molar refractivity (Wildman–Crippen MR) is 162 cm³/mol. The van der Waals surface area contributed by atoms with E-state index in [2.05, 4.69) is 27.3 Å². The molecule has 11 heteroatoms. The molecule has 2 aromatic rings. The second-order valence-electron chi connectivity index (χ2n) is 13.3. The minimum atomic E-state index is -0.506. The normalized spacial score (nSPS) is 27.0. The fourth-order valence-corrected chi connectivity index (χ4v) is 8.98. The molecule has 0 spiro atoms. The van der Waals surface area contributed by atoms with Gasteiger partial charge in [-0.15, -0.1) is 0 Å². The molecule has 4 aliphatic heterocycles. The average Bonchev–Trinajstić information content (AvgIpc) is 3.50. The first-order valence-electron chi connectivity index (χ1n) is 15.9. The van der Waals surface area contributed by atoms with Crippen molar-refractivity contribution in [3.63, 3.8) is 0 Å². The summed E-state index contributed by atoms with van der Waals surface area (Å²) < 4.78 is 17.5. The summed E-state index contributed by atoms with van der Waals surface area (Å²) in [6.07, 6.45) is 7.26. The van der Waals surface area contributed by atoms with Gasteiger partial charge in [0.15, 0.2) is 23.0 Å². The number of hydrogen-bond donors (Lipinski definition) is 3. The number of piperazine rings is 1. The number of fused-ring (bicyclic) bond motifs is 9. The number of nitrogens with one attached hydrogen (secondary N) is 1. The largest absolute Gasteiger partial charge is 0.507 e. The number of aryl methyl sites for hydroxylation is 1. The molecular formula is C34H42AcN4O6. The molecule has 1 saturated carbocycles. The van der Waals surface area contributed by atoms with Crippen LogP contribution in [0.1, 0.15) is 84.0 Å². The maximum Gasteiger partial charge on any atom is 0.231 e. The number of nitrogens with zero attached hydrogens (tertiary/aromatic N) is 3. The van der Waals surface area contributed by atoms with Crippen molar-refractivity contribution in [3.8, 4) is 34.8 Å². The third kappa shape index (κ3) is 5.19. The molecule has 2 aromatic carbocycles. The van der Waals surface area contributed by atoms with Crippen LogP contribution in [-0.2, 0) is 17.6 Å². The van der Waals surface area contributed by atoms with Crippen molar-refractivity contribution in [1.29, 1.82) is 5.26 Å². The van der Waals surface area contributed by atoms with Gasteiger partial charge in [0.1, 0.15) is 11.8 Å². The van der Waals surface area contributed by atoms with E-state index in [1.807, 2.05) is 20.9 Å². The number of carbonyl (C=O) groups excluding carboxylic acids is 1. The Kier molecular flexibility index (Phi) is 9.27. The summed E-state index contributed by atoms with van der Waals surface area (Å²) in [6.45, 7) is 4.07. The third-order valence-electron chi connectivity index (χ3n) is 11.0. The van der Waals surface area contributed by atoms with Crippen LogP contribution in [0.25, 0.3) is 0 Å². The average molecular weight is 830 g/mol. The van der Waals surface area contributed by atoms with Crippen molar-refractivity contribution in [2.75, 3.05) is 27.5 Å². The molecule has 1 saturated heterocycles. The van der Waals surface area contributed by atoms with Crippen LogP contribution in [0.2, 0.25) is 0 Å². The molecule has 45 heavy (non-hydrogen) atoms. The number of nitriles is 1. The number of rotatable bonds is 5. The van der Waals surface area contributed by atoms with E-state index in [4.69, 9.17) is 14.2 Å². The van der Waals surface area contributed by atoms with Crippen LogP contribution in [-0.4, -0.2) is 71.5 Å². The second kappa shape index (κ2) is 12.8. The first-order chi connectivity index (χ1) is 21.2. The van der Waals surface area contributed by atoms with Crippen LogP contribution in [0.15, 0.2) is 6.07 Å². The molecule has 5 atom stereocenters. The molecular weight excluding hydrogens is 787 g/mol. The number of hydrogen-bond acceptors (Lipinski definition) is 9. The number of carbonyl (C=O) groups is 1. The van der Waals surface area contributed by atoms with E-state index in [0.717, 1.165) is 40.7 Å². The Morgan fingerprint density at radius 3 is 2.53 bits per heavy atom. The number of phenolic OH excluding ortho intramolecular Hbond substituents is 2. The number of likely N-dealkylation sites (N-methyl/N-ethyl adjacent to an activating group) is 1. The van der Waals surface area contributed by atoms with E-state index in [1.54, 1.807) is 7.11 Å². The van der Waals surface area contributed by atoms with Crippen molar-refractivity contribution < 1.29 is 73.3 Å². The van der Waals surface area contributed by atoms with Crippen LogP contribution < -0.4 is 19.5 Å². The molecule has 1 amide bonds. The van der Waals surface area contributed by atoms with Crippen LogP contribution in [0.5, 0.6) is 28.7 Å². The van der Waals surface area contributed by atoms with Crippen LogP contribution in [0.3, 0.4) is 0 Å². The first kappa shape index (κ1) is 32.7. The van der Waals surface area contributed by atoms with Gasteiger partial charge in [0.25, 0.3) is 0 Å². The van der Waals surface area contributed by atoms with E-state index < -0.39 is 12.1 Å². The fourth-order valence-electron chi connectivity index (χ4n) is 8.98. The first-order valence-corrected chi connectivity index (χ1v) is 15.9. The summed E-state index contributed by atoms with van der Waals surface area (Å²) in [5, 5.41) is 37.2. The Morgan fingerprint density at radius 2 is 1.82 bits per heavy atom. The number of amides is 1. The Bertz CT molecular complexity index is 1550. The van der Waals surface area contributed by atoms with Gasteiger partial charge >= 0.3 is 0 Å². The van der Waals surface area contributed by atoms with Gasteiger partial charge in [-0.25, -0.2) is 0 Å². The SMILES string of the molecule is COc1c(C)cc2c(c1O)[C@@H]1C3Cc4c(O)c(C)c5c(c4[C@H](CNC(=O)CC4CCCCC4)N3[C@@H](C#N)[C@H](C2)N1C)OCO5.[Ac]. The zero-order valence-corrected chi connectivity index (χ0v) is 31.3. The molecule has 3 N–H and O–H groups in total. The molecule has 1 radical (unpaired) electrons. The van der Waals surface area contributed by atoms with E-state index in [-0.39, 0.29) is 92.9 Å². The van der Waals surface area contributed by atoms with Crippen molar-refractivity contribution in [1.82, 2.24) is 15.1 Å². The van der Waals surface area contributed by atoms with E-state index >= 15 is 0 Å². The summed E-state index contributed by atoms with van der Waals surface area (Å²) in [6, 6.07) is 3.05. The maximum atomic E-state index is 13.3. The monoisotopic (exact) mass is 829 g/mol. The Morgan fingerprint density at radius 1 is 1.09 bits per heavy atom. The molecule has 237 valence electrons. The molecule has 1 aliphatic carbocycles. The standard InChI is InChI=1S/C34H42N4O6.Ac/c1-17-10-20-12-22-24(14-35)38-23(29(37(22)3)27(20)31(41)32(17)42-4)13-21-28(34-33(43-16-44-34)18(2)30(21)40)25(38)15-36-26(39)11-19-8-6-5-7-9-19;/h10,19,22-25,29,40-41H,5-9,11-13,15-16H2,1-4H3,(H,36,39);/t22-,23?,24-,25-,29-;/m0./s1. The fraction of sp³-hybridized carbons (Fsp3) is 0.588. The Hall–Kier alpha value is -2.24. The van der Waals surface area contributed by atoms with Gasteiger partial charge in [-0.1, -0.05) is 25.3 Å². The van der Waals surface area contributed by atoms with Gasteiger partial charge in [-0.05, 0) is 63.6 Å². The smallest absolute Gasteiger partial charge is 0.231 e. The summed E-state index contributed by atoms with van der Waals surface area (Å²) in [4.78, 5) is 17.8. The zero-order chi connectivity index (χ0) is 30.9. The second-order valence-corrected chi connectivity index (χ2v) is 13.3. The van der Waals surface area contributed by atoms with E-state index in [1.165, 1.54) is 19.3 Å². The third-order valence-corrected chi connectivity index (χ3v) is 11.0. The van der Waals surface area contributed by atoms with Crippen molar-refractivity contribution in [2.24, 2.45) is 5.92 Å². The minimum absolute atomic E-state index is 0. The van der Waals surface area contributed by atoms with Gasteiger partial charge in [0.2, 0.25) is 12.7 Å². The van der Waals surface area contributed by atoms with Crippen LogP contribution in [0.4, 0.5) is 0 Å². The number of benzene rings is 2. The molecule has 0 aromatic heterocycles. The van der Waals surface area contributed by atoms with E-state index in [9.17, 15) is 20.3 Å². The van der Waals surface area contributed by atoms with Gasteiger partial charge in [0, 0.05) is 91.4 Å². The molecule has 2 fully saturated rings. The maximum absolute atomic E-state index is 13.3. The van der Waals surface area contributed by atoms with E-state index in [0.29, 0.717) is 48.0 Å². The number of aromatic hydroxyl groups is 2. The minimum Gasteiger partial charge on any atom is -0.507 e. The molecule has 7 rings (SSSR count). The zero-order valence-electron chi connectivity index (χ0n) is 26.6. The molecule has 1 unspecified atom stereocenters. The Labute approximate surface area is 300 Å². The van der Waals surface area contributed by atoms with Crippen LogP contribution >= 0.6 is 0 Å². The van der Waals surface area contributed by atoms with Crippen molar-refractivity contribution in [3.05, 3.63) is 39.4 Å². The van der Waals surface area contributed by atoms with Gasteiger partial charge in [-0.2, -0.15) is 5.26 Å². The van der Waals surface area contributed by atoms with Gasteiger partial charge < -0.3 is 29.7 Å².